The smallest absolute Gasteiger partial charge is 0.260 e. The van der Waals surface area contributed by atoms with Crippen molar-refractivity contribution in [2.75, 3.05) is 50.5 Å². The normalized spacial score (nSPS) is 14.8. The van der Waals surface area contributed by atoms with Crippen molar-refractivity contribution < 1.29 is 9.53 Å². The Morgan fingerprint density at radius 2 is 1.97 bits per heavy atom. The minimum atomic E-state index is 0.0189. The number of hydrogen-bond acceptors (Lipinski definition) is 6. The summed E-state index contributed by atoms with van der Waals surface area (Å²) in [5.74, 6) is 0.0189. The average Bonchev–Trinajstić information content (AvgIpc) is 3.19. The van der Waals surface area contributed by atoms with Crippen LogP contribution in [0, 0.1) is 13.8 Å². The fourth-order valence-corrected chi connectivity index (χ4v) is 5.29. The zero-order chi connectivity index (χ0) is 21.8. The fourth-order valence-electron chi connectivity index (χ4n) is 3.76. The van der Waals surface area contributed by atoms with Gasteiger partial charge in [0.1, 0.15) is 0 Å². The largest absolute Gasteiger partial charge is 0.379 e. The number of morpholine rings is 1. The predicted molar refractivity (Wildman–Crippen MR) is 131 cm³/mol. The molecular weight excluding hydrogens is 426 g/mol. The van der Waals surface area contributed by atoms with Gasteiger partial charge in [-0.1, -0.05) is 17.4 Å². The first-order valence-electron chi connectivity index (χ1n) is 10.7. The quantitative estimate of drug-likeness (QED) is 0.469. The summed E-state index contributed by atoms with van der Waals surface area (Å²) >= 11 is 3.25. The molecule has 0 radical (unpaired) electrons. The third kappa shape index (κ3) is 5.29. The zero-order valence-electron chi connectivity index (χ0n) is 18.4. The molecule has 0 saturated carbocycles. The number of rotatable bonds is 7. The topological polar surface area (TPSA) is 45.7 Å². The van der Waals surface area contributed by atoms with Crippen molar-refractivity contribution >= 4 is 44.4 Å². The van der Waals surface area contributed by atoms with Crippen molar-refractivity contribution in [2.45, 2.75) is 25.2 Å². The SMILES string of the molecule is CSc1cccc(C(=O)N(CCCN2CCOCC2)c2nc3cc(C)c(C)cc3s2)c1. The number of aryl methyl sites for hydroxylation is 2. The highest BCUT2D eigenvalue weighted by atomic mass is 32.2. The van der Waals surface area contributed by atoms with Gasteiger partial charge in [-0.25, -0.2) is 4.98 Å². The molecule has 1 fully saturated rings. The zero-order valence-corrected chi connectivity index (χ0v) is 20.0. The van der Waals surface area contributed by atoms with E-state index in [0.717, 1.165) is 59.5 Å². The molecule has 0 unspecified atom stereocenters. The van der Waals surface area contributed by atoms with E-state index in [9.17, 15) is 4.79 Å². The van der Waals surface area contributed by atoms with Gasteiger partial charge >= 0.3 is 0 Å². The number of benzene rings is 2. The summed E-state index contributed by atoms with van der Waals surface area (Å²) in [6.07, 6.45) is 2.93. The summed E-state index contributed by atoms with van der Waals surface area (Å²) in [5, 5.41) is 0.779. The van der Waals surface area contributed by atoms with Crippen LogP contribution in [0.1, 0.15) is 27.9 Å². The second-order valence-electron chi connectivity index (χ2n) is 7.90. The molecule has 2 aromatic carbocycles. The molecule has 1 aliphatic heterocycles. The lowest BCUT2D eigenvalue weighted by Crippen LogP contribution is -2.39. The summed E-state index contributed by atoms with van der Waals surface area (Å²) in [5.41, 5.74) is 4.15. The number of hydrogen-bond donors (Lipinski definition) is 0. The highest BCUT2D eigenvalue weighted by Gasteiger charge is 2.22. The molecule has 1 aliphatic rings. The number of carbonyl (C=O) groups is 1. The molecule has 164 valence electrons. The van der Waals surface area contributed by atoms with Crippen molar-refractivity contribution in [1.82, 2.24) is 9.88 Å². The van der Waals surface area contributed by atoms with Crippen molar-refractivity contribution in [3.05, 3.63) is 53.1 Å². The molecule has 1 amide bonds. The van der Waals surface area contributed by atoms with Gasteiger partial charge in [0.2, 0.25) is 0 Å². The number of fused-ring (bicyclic) bond motifs is 1. The first kappa shape index (κ1) is 22.3. The van der Waals surface area contributed by atoms with E-state index in [2.05, 4.69) is 30.9 Å². The van der Waals surface area contributed by atoms with Gasteiger partial charge in [0, 0.05) is 36.6 Å². The van der Waals surface area contributed by atoms with Crippen molar-refractivity contribution in [3.8, 4) is 0 Å². The van der Waals surface area contributed by atoms with Crippen LogP contribution in [0.3, 0.4) is 0 Å². The van der Waals surface area contributed by atoms with Gasteiger partial charge in [-0.05, 0) is 68.0 Å². The number of nitrogens with zero attached hydrogens (tertiary/aromatic N) is 3. The Bertz CT molecular complexity index is 1020. The maximum atomic E-state index is 13.6. The Kier molecular flexibility index (Phi) is 7.27. The van der Waals surface area contributed by atoms with Gasteiger partial charge in [-0.3, -0.25) is 14.6 Å². The number of thiazole rings is 1. The standard InChI is InChI=1S/C24H29N3O2S2/c1-17-14-21-22(15-18(17)2)31-24(25-21)27(9-5-8-26-10-12-29-13-11-26)23(28)19-6-4-7-20(16-19)30-3/h4,6-7,14-16H,5,8-13H2,1-3H3. The molecule has 0 atom stereocenters. The van der Waals surface area contributed by atoms with Gasteiger partial charge < -0.3 is 4.74 Å². The Hall–Kier alpha value is -1.93. The highest BCUT2D eigenvalue weighted by Crippen LogP contribution is 2.32. The summed E-state index contributed by atoms with van der Waals surface area (Å²) in [6.45, 7) is 9.34. The molecule has 0 N–H and O–H groups in total. The number of amides is 1. The number of ether oxygens (including phenoxy) is 1. The second-order valence-corrected chi connectivity index (χ2v) is 9.79. The Morgan fingerprint density at radius 3 is 2.74 bits per heavy atom. The first-order chi connectivity index (χ1) is 15.0. The lowest BCUT2D eigenvalue weighted by atomic mass is 10.1. The Labute approximate surface area is 192 Å². The minimum absolute atomic E-state index is 0.0189. The maximum Gasteiger partial charge on any atom is 0.260 e. The molecule has 7 heteroatoms. The van der Waals surface area contributed by atoms with Crippen LogP contribution in [-0.2, 0) is 4.74 Å². The summed E-state index contributed by atoms with van der Waals surface area (Å²) in [6, 6.07) is 12.2. The van der Waals surface area contributed by atoms with Crippen LogP contribution in [0.25, 0.3) is 10.2 Å². The van der Waals surface area contributed by atoms with Crippen LogP contribution in [-0.4, -0.2) is 61.4 Å². The molecule has 1 aromatic heterocycles. The van der Waals surface area contributed by atoms with E-state index in [1.807, 2.05) is 35.4 Å². The molecule has 1 saturated heterocycles. The number of carbonyl (C=O) groups excluding carboxylic acids is 1. The van der Waals surface area contributed by atoms with Gasteiger partial charge in [-0.2, -0.15) is 0 Å². The van der Waals surface area contributed by atoms with Crippen LogP contribution < -0.4 is 4.90 Å². The molecule has 3 aromatic rings. The summed E-state index contributed by atoms with van der Waals surface area (Å²) < 4.78 is 6.58. The molecule has 0 bridgehead atoms. The van der Waals surface area contributed by atoms with E-state index >= 15 is 0 Å². The van der Waals surface area contributed by atoms with E-state index in [1.54, 1.807) is 23.1 Å². The monoisotopic (exact) mass is 455 g/mol. The van der Waals surface area contributed by atoms with Crippen LogP contribution in [0.5, 0.6) is 0 Å². The number of thioether (sulfide) groups is 1. The predicted octanol–water partition coefficient (Wildman–Crippen LogP) is 5.00. The van der Waals surface area contributed by atoms with Gasteiger partial charge in [-0.15, -0.1) is 11.8 Å². The fraction of sp³-hybridized carbons (Fsp3) is 0.417. The van der Waals surface area contributed by atoms with Crippen molar-refractivity contribution in [3.63, 3.8) is 0 Å². The van der Waals surface area contributed by atoms with E-state index in [0.29, 0.717) is 12.1 Å². The van der Waals surface area contributed by atoms with Crippen molar-refractivity contribution in [2.24, 2.45) is 0 Å². The number of aromatic nitrogens is 1. The molecule has 0 aliphatic carbocycles. The van der Waals surface area contributed by atoms with E-state index in [-0.39, 0.29) is 5.91 Å². The lowest BCUT2D eigenvalue weighted by Gasteiger charge is -2.27. The third-order valence-corrected chi connectivity index (χ3v) is 7.51. The molecule has 4 rings (SSSR count). The van der Waals surface area contributed by atoms with Gasteiger partial charge in [0.15, 0.2) is 5.13 Å². The second kappa shape index (κ2) is 10.1. The van der Waals surface area contributed by atoms with Crippen molar-refractivity contribution in [1.29, 1.82) is 0 Å². The third-order valence-electron chi connectivity index (χ3n) is 5.75. The highest BCUT2D eigenvalue weighted by molar-refractivity contribution is 7.98. The molecule has 2 heterocycles. The van der Waals surface area contributed by atoms with Crippen LogP contribution in [0.15, 0.2) is 41.3 Å². The summed E-state index contributed by atoms with van der Waals surface area (Å²) in [7, 11) is 0. The van der Waals surface area contributed by atoms with Gasteiger partial charge in [0.25, 0.3) is 5.91 Å². The van der Waals surface area contributed by atoms with E-state index in [1.165, 1.54) is 11.1 Å². The first-order valence-corrected chi connectivity index (χ1v) is 12.7. The van der Waals surface area contributed by atoms with E-state index in [4.69, 9.17) is 9.72 Å². The molecular formula is C24H29N3O2S2. The average molecular weight is 456 g/mol. The van der Waals surface area contributed by atoms with Crippen LogP contribution >= 0.6 is 23.1 Å². The van der Waals surface area contributed by atoms with Gasteiger partial charge in [0.05, 0.1) is 23.4 Å². The molecule has 31 heavy (non-hydrogen) atoms. The van der Waals surface area contributed by atoms with Crippen LogP contribution in [0.4, 0.5) is 5.13 Å². The minimum Gasteiger partial charge on any atom is -0.379 e. The summed E-state index contributed by atoms with van der Waals surface area (Å²) in [4.78, 5) is 23.8. The Morgan fingerprint density at radius 1 is 1.19 bits per heavy atom. The van der Waals surface area contributed by atoms with E-state index < -0.39 is 0 Å². The molecule has 5 nitrogen and oxygen atoms in total. The maximum absolute atomic E-state index is 13.6. The number of anilines is 1. The molecule has 0 spiro atoms. The van der Waals surface area contributed by atoms with Crippen LogP contribution in [0.2, 0.25) is 0 Å². The lowest BCUT2D eigenvalue weighted by molar-refractivity contribution is 0.0376. The Balaban J connectivity index is 1.60.